The zero-order valence-corrected chi connectivity index (χ0v) is 16.3. The molecule has 4 heterocycles. The van der Waals surface area contributed by atoms with Crippen LogP contribution in [0.4, 0.5) is 0 Å². The number of nitriles is 1. The number of nitrogens with zero attached hydrogens (tertiary/aromatic N) is 7. The van der Waals surface area contributed by atoms with Crippen LogP contribution in [0.25, 0.3) is 11.0 Å². The van der Waals surface area contributed by atoms with Gasteiger partial charge in [0.15, 0.2) is 11.3 Å². The highest BCUT2D eigenvalue weighted by Gasteiger charge is 2.37. The standard InChI is InChI=1S/C21H18N8O/c1-12-3-4-13(10-25-12)11-29-20-17(16(9-22)28-29)21(30)27-19(26-20)15-6-5-14(15)18-23-7-2-8-24-18/h2-4,7-8,10,14-15H,5-6,11H2,1H3,(H,26,27,30)/t14-,15-/m1/s1. The van der Waals surface area contributed by atoms with Gasteiger partial charge < -0.3 is 4.98 Å². The third-order valence-corrected chi connectivity index (χ3v) is 5.57. The Morgan fingerprint density at radius 1 is 1.20 bits per heavy atom. The van der Waals surface area contributed by atoms with E-state index in [2.05, 4.69) is 25.0 Å². The van der Waals surface area contributed by atoms with Gasteiger partial charge in [0, 0.05) is 36.1 Å². The second-order valence-electron chi connectivity index (χ2n) is 7.47. The monoisotopic (exact) mass is 398 g/mol. The Balaban J connectivity index is 1.58. The molecule has 0 amide bonds. The number of hydrogen-bond acceptors (Lipinski definition) is 7. The molecular formula is C21H18N8O. The summed E-state index contributed by atoms with van der Waals surface area (Å²) in [6.45, 7) is 2.29. The molecular weight excluding hydrogens is 380 g/mol. The minimum absolute atomic E-state index is 0.0272. The van der Waals surface area contributed by atoms with Gasteiger partial charge in [0.1, 0.15) is 23.1 Å². The van der Waals surface area contributed by atoms with Gasteiger partial charge in [0.05, 0.1) is 6.54 Å². The first kappa shape index (κ1) is 18.1. The fraction of sp³-hybridized carbons (Fsp3) is 0.286. The first-order valence-corrected chi connectivity index (χ1v) is 9.73. The van der Waals surface area contributed by atoms with Crippen LogP contribution in [0.3, 0.4) is 0 Å². The molecule has 1 N–H and O–H groups in total. The maximum Gasteiger partial charge on any atom is 0.263 e. The number of aromatic nitrogens is 7. The molecule has 9 heteroatoms. The normalized spacial score (nSPS) is 18.1. The fourth-order valence-electron chi connectivity index (χ4n) is 3.86. The Kier molecular flexibility index (Phi) is 4.32. The van der Waals surface area contributed by atoms with Crippen LogP contribution in [0.2, 0.25) is 0 Å². The van der Waals surface area contributed by atoms with E-state index in [-0.39, 0.29) is 28.5 Å². The summed E-state index contributed by atoms with van der Waals surface area (Å²) in [4.78, 5) is 33.5. The molecule has 0 unspecified atom stereocenters. The molecule has 1 fully saturated rings. The van der Waals surface area contributed by atoms with Gasteiger partial charge >= 0.3 is 0 Å². The Bertz CT molecular complexity index is 1320. The van der Waals surface area contributed by atoms with E-state index in [1.165, 1.54) is 0 Å². The van der Waals surface area contributed by atoms with Gasteiger partial charge in [-0.15, -0.1) is 0 Å². The van der Waals surface area contributed by atoms with Crippen molar-refractivity contribution in [3.63, 3.8) is 0 Å². The average Bonchev–Trinajstić information content (AvgIpc) is 3.08. The Labute approximate surface area is 171 Å². The van der Waals surface area contributed by atoms with E-state index in [0.717, 1.165) is 29.9 Å². The van der Waals surface area contributed by atoms with Crippen molar-refractivity contribution in [2.45, 2.75) is 38.1 Å². The van der Waals surface area contributed by atoms with E-state index in [1.54, 1.807) is 29.3 Å². The molecule has 0 bridgehead atoms. The molecule has 1 aliphatic carbocycles. The van der Waals surface area contributed by atoms with E-state index >= 15 is 0 Å². The molecule has 0 radical (unpaired) electrons. The van der Waals surface area contributed by atoms with Crippen LogP contribution in [-0.2, 0) is 6.54 Å². The van der Waals surface area contributed by atoms with E-state index in [1.807, 2.05) is 25.1 Å². The van der Waals surface area contributed by atoms with Crippen molar-refractivity contribution in [3.05, 3.63) is 75.7 Å². The van der Waals surface area contributed by atoms with Crippen LogP contribution in [0, 0.1) is 18.3 Å². The van der Waals surface area contributed by atoms with Crippen molar-refractivity contribution in [3.8, 4) is 6.07 Å². The van der Waals surface area contributed by atoms with E-state index in [4.69, 9.17) is 4.98 Å². The lowest BCUT2D eigenvalue weighted by atomic mass is 9.72. The topological polar surface area (TPSA) is 126 Å². The van der Waals surface area contributed by atoms with Gasteiger partial charge in [-0.05, 0) is 37.5 Å². The quantitative estimate of drug-likeness (QED) is 0.558. The van der Waals surface area contributed by atoms with Crippen molar-refractivity contribution in [1.29, 1.82) is 5.26 Å². The van der Waals surface area contributed by atoms with Gasteiger partial charge in [-0.3, -0.25) is 9.78 Å². The van der Waals surface area contributed by atoms with Crippen molar-refractivity contribution in [2.24, 2.45) is 0 Å². The van der Waals surface area contributed by atoms with Crippen molar-refractivity contribution in [2.75, 3.05) is 0 Å². The molecule has 148 valence electrons. The molecule has 1 aliphatic rings. The largest absolute Gasteiger partial charge is 0.310 e. The average molecular weight is 398 g/mol. The first-order valence-electron chi connectivity index (χ1n) is 9.73. The predicted molar refractivity (Wildman–Crippen MR) is 108 cm³/mol. The van der Waals surface area contributed by atoms with Crippen molar-refractivity contribution >= 4 is 11.0 Å². The molecule has 9 nitrogen and oxygen atoms in total. The molecule has 0 aliphatic heterocycles. The van der Waals surface area contributed by atoms with Crippen LogP contribution in [0.5, 0.6) is 0 Å². The lowest BCUT2D eigenvalue weighted by Gasteiger charge is -2.34. The lowest BCUT2D eigenvalue weighted by molar-refractivity contribution is 0.319. The Hall–Kier alpha value is -3.93. The van der Waals surface area contributed by atoms with Crippen molar-refractivity contribution in [1.82, 2.24) is 34.7 Å². The van der Waals surface area contributed by atoms with E-state index < -0.39 is 0 Å². The number of pyridine rings is 1. The molecule has 5 rings (SSSR count). The molecule has 1 saturated carbocycles. The number of fused-ring (bicyclic) bond motifs is 1. The second kappa shape index (κ2) is 7.15. The summed E-state index contributed by atoms with van der Waals surface area (Å²) < 4.78 is 1.60. The van der Waals surface area contributed by atoms with Gasteiger partial charge in [-0.25, -0.2) is 19.6 Å². The van der Waals surface area contributed by atoms with Crippen LogP contribution in [0.15, 0.2) is 41.6 Å². The molecule has 0 spiro atoms. The predicted octanol–water partition coefficient (Wildman–Crippen LogP) is 2.19. The van der Waals surface area contributed by atoms with E-state index in [0.29, 0.717) is 18.0 Å². The minimum Gasteiger partial charge on any atom is -0.310 e. The molecule has 0 aromatic carbocycles. The highest BCUT2D eigenvalue weighted by atomic mass is 16.1. The van der Waals surface area contributed by atoms with Crippen LogP contribution >= 0.6 is 0 Å². The summed E-state index contributed by atoms with van der Waals surface area (Å²) in [5.41, 5.74) is 1.96. The number of hydrogen-bond donors (Lipinski definition) is 1. The number of aryl methyl sites for hydroxylation is 1. The van der Waals surface area contributed by atoms with Crippen LogP contribution in [-0.4, -0.2) is 34.7 Å². The smallest absolute Gasteiger partial charge is 0.263 e. The summed E-state index contributed by atoms with van der Waals surface area (Å²) in [5.74, 6) is 1.48. The molecule has 4 aromatic rings. The fourth-order valence-corrected chi connectivity index (χ4v) is 3.86. The zero-order chi connectivity index (χ0) is 20.7. The van der Waals surface area contributed by atoms with Crippen molar-refractivity contribution < 1.29 is 0 Å². The molecule has 30 heavy (non-hydrogen) atoms. The van der Waals surface area contributed by atoms with Gasteiger partial charge in [-0.2, -0.15) is 10.4 Å². The van der Waals surface area contributed by atoms with Gasteiger partial charge in [0.2, 0.25) is 0 Å². The molecule has 0 saturated heterocycles. The lowest BCUT2D eigenvalue weighted by Crippen LogP contribution is -2.28. The number of aromatic amines is 1. The first-order chi connectivity index (χ1) is 14.6. The Morgan fingerprint density at radius 2 is 2.00 bits per heavy atom. The summed E-state index contributed by atoms with van der Waals surface area (Å²) >= 11 is 0. The van der Waals surface area contributed by atoms with Crippen LogP contribution in [0.1, 0.15) is 53.3 Å². The highest BCUT2D eigenvalue weighted by Crippen LogP contribution is 2.46. The number of H-pyrrole nitrogens is 1. The molecule has 4 aromatic heterocycles. The number of nitrogens with one attached hydrogen (secondary N) is 1. The third-order valence-electron chi connectivity index (χ3n) is 5.57. The highest BCUT2D eigenvalue weighted by molar-refractivity contribution is 5.80. The zero-order valence-electron chi connectivity index (χ0n) is 16.3. The van der Waals surface area contributed by atoms with Crippen LogP contribution < -0.4 is 5.56 Å². The SMILES string of the molecule is Cc1ccc(Cn2nc(C#N)c3c(=O)[nH]c([C@@H]4CC[C@H]4c4ncccn4)nc32)cn1. The maximum atomic E-state index is 12.8. The summed E-state index contributed by atoms with van der Waals surface area (Å²) in [6.07, 6.45) is 7.03. The summed E-state index contributed by atoms with van der Waals surface area (Å²) in [6, 6.07) is 7.66. The third kappa shape index (κ3) is 3.03. The molecule has 2 atom stereocenters. The van der Waals surface area contributed by atoms with E-state index in [9.17, 15) is 10.1 Å². The van der Waals surface area contributed by atoms with Gasteiger partial charge in [-0.1, -0.05) is 6.07 Å². The number of rotatable bonds is 4. The summed E-state index contributed by atoms with van der Waals surface area (Å²) in [5, 5.41) is 14.0. The maximum absolute atomic E-state index is 12.8. The minimum atomic E-state index is -0.348. The summed E-state index contributed by atoms with van der Waals surface area (Å²) in [7, 11) is 0. The second-order valence-corrected chi connectivity index (χ2v) is 7.47. The Morgan fingerprint density at radius 3 is 2.67 bits per heavy atom. The van der Waals surface area contributed by atoms with Gasteiger partial charge in [0.25, 0.3) is 5.56 Å².